The lowest BCUT2D eigenvalue weighted by molar-refractivity contribution is -0.116. The van der Waals surface area contributed by atoms with Crippen LogP contribution in [0, 0.1) is 17.5 Å². The van der Waals surface area contributed by atoms with Gasteiger partial charge in [0.15, 0.2) is 0 Å². The molecule has 0 spiro atoms. The van der Waals surface area contributed by atoms with E-state index in [1.807, 2.05) is 0 Å². The molecule has 0 bridgehead atoms. The minimum absolute atomic E-state index is 0.169. The van der Waals surface area contributed by atoms with Crippen molar-refractivity contribution in [3.63, 3.8) is 0 Å². The first-order valence-corrected chi connectivity index (χ1v) is 9.36. The maximum Gasteiger partial charge on any atom is 0.229 e. The third-order valence-corrected chi connectivity index (χ3v) is 4.79. The van der Waals surface area contributed by atoms with E-state index in [9.17, 15) is 18.0 Å². The second-order valence-corrected chi connectivity index (χ2v) is 6.84. The largest absolute Gasteiger partial charge is 0.274 e. The number of halogens is 3. The Balaban J connectivity index is 2.06. The quantitative estimate of drug-likeness (QED) is 0.451. The molecule has 0 N–H and O–H groups in total. The second kappa shape index (κ2) is 8.06. The van der Waals surface area contributed by atoms with Crippen LogP contribution in [0.5, 0.6) is 0 Å². The minimum atomic E-state index is -0.889. The molecule has 156 valence electrons. The van der Waals surface area contributed by atoms with Gasteiger partial charge in [0, 0.05) is 31.9 Å². The molecule has 2 aromatic carbocycles. The molecule has 0 aliphatic carbocycles. The predicted molar refractivity (Wildman–Crippen MR) is 111 cm³/mol. The summed E-state index contributed by atoms with van der Waals surface area (Å²) in [6.07, 6.45) is 3.12. The van der Waals surface area contributed by atoms with Gasteiger partial charge in [0.1, 0.15) is 34.7 Å². The highest BCUT2D eigenvalue weighted by atomic mass is 19.1. The second-order valence-electron chi connectivity index (χ2n) is 6.84. The van der Waals surface area contributed by atoms with Crippen LogP contribution in [0.15, 0.2) is 67.0 Å². The molecule has 0 atom stereocenters. The first kappa shape index (κ1) is 20.3. The molecule has 0 radical (unpaired) electrons. The van der Waals surface area contributed by atoms with Gasteiger partial charge in [0.2, 0.25) is 5.91 Å². The van der Waals surface area contributed by atoms with Gasteiger partial charge in [0.25, 0.3) is 0 Å². The van der Waals surface area contributed by atoms with Crippen molar-refractivity contribution in [2.24, 2.45) is 7.05 Å². The summed E-state index contributed by atoms with van der Waals surface area (Å²) in [6.45, 7) is 1.22. The summed E-state index contributed by atoms with van der Waals surface area (Å²) >= 11 is 0. The smallest absolute Gasteiger partial charge is 0.229 e. The third-order valence-electron chi connectivity index (χ3n) is 4.79. The standard InChI is InChI=1S/C23H17F3N4O/c1-14(31)30(22-18(25)4-3-5-19(22)26)23-20(15-10-12-27-13-11-15)21(28-29(23)2)16-6-8-17(24)9-7-16/h3-13H,1-2H3. The van der Waals surface area contributed by atoms with Crippen LogP contribution in [0.4, 0.5) is 24.7 Å². The van der Waals surface area contributed by atoms with Crippen molar-refractivity contribution >= 4 is 17.4 Å². The fourth-order valence-electron chi connectivity index (χ4n) is 3.48. The summed E-state index contributed by atoms with van der Waals surface area (Å²) in [6, 6.07) is 12.5. The number of benzene rings is 2. The normalized spacial score (nSPS) is 10.9. The van der Waals surface area contributed by atoms with Crippen LogP contribution in [0.25, 0.3) is 22.4 Å². The summed E-state index contributed by atoms with van der Waals surface area (Å²) in [4.78, 5) is 17.6. The number of hydrogen-bond donors (Lipinski definition) is 0. The minimum Gasteiger partial charge on any atom is -0.274 e. The Kier molecular flexibility index (Phi) is 5.29. The zero-order valence-electron chi connectivity index (χ0n) is 16.7. The molecule has 4 rings (SSSR count). The number of aromatic nitrogens is 3. The van der Waals surface area contributed by atoms with E-state index in [0.717, 1.165) is 17.0 Å². The number of carbonyl (C=O) groups excluding carboxylic acids is 1. The number of rotatable bonds is 4. The monoisotopic (exact) mass is 422 g/mol. The fourth-order valence-corrected chi connectivity index (χ4v) is 3.48. The fraction of sp³-hybridized carbons (Fsp3) is 0.0870. The topological polar surface area (TPSA) is 51.0 Å². The van der Waals surface area contributed by atoms with Crippen LogP contribution in [0.2, 0.25) is 0 Å². The summed E-state index contributed by atoms with van der Waals surface area (Å²) in [5, 5.41) is 4.51. The van der Waals surface area contributed by atoms with Crippen molar-refractivity contribution < 1.29 is 18.0 Å². The Hall–Kier alpha value is -3.94. The maximum absolute atomic E-state index is 14.7. The average Bonchev–Trinajstić information content (AvgIpc) is 3.08. The highest BCUT2D eigenvalue weighted by Gasteiger charge is 2.30. The molecule has 0 aliphatic rings. The van der Waals surface area contributed by atoms with Crippen molar-refractivity contribution in [2.45, 2.75) is 6.92 Å². The number of pyridine rings is 1. The summed E-state index contributed by atoms with van der Waals surface area (Å²) in [5.74, 6) is -2.63. The molecular formula is C23H17F3N4O. The zero-order valence-corrected chi connectivity index (χ0v) is 16.7. The molecule has 0 saturated carbocycles. The van der Waals surface area contributed by atoms with Gasteiger partial charge in [-0.05, 0) is 54.1 Å². The van der Waals surface area contributed by atoms with Crippen molar-refractivity contribution in [1.82, 2.24) is 14.8 Å². The van der Waals surface area contributed by atoms with Gasteiger partial charge in [-0.1, -0.05) is 6.07 Å². The van der Waals surface area contributed by atoms with E-state index in [1.54, 1.807) is 43.7 Å². The molecule has 0 saturated heterocycles. The van der Waals surface area contributed by atoms with Crippen LogP contribution in [0.3, 0.4) is 0 Å². The van der Waals surface area contributed by atoms with E-state index in [1.165, 1.54) is 29.8 Å². The number of aryl methyl sites for hydroxylation is 1. The van der Waals surface area contributed by atoms with Crippen LogP contribution in [0.1, 0.15) is 6.92 Å². The average molecular weight is 422 g/mol. The lowest BCUT2D eigenvalue weighted by Gasteiger charge is -2.24. The highest BCUT2D eigenvalue weighted by Crippen LogP contribution is 2.42. The molecule has 0 unspecified atom stereocenters. The molecule has 31 heavy (non-hydrogen) atoms. The Labute approximate surface area is 176 Å². The number of carbonyl (C=O) groups is 1. The van der Waals surface area contributed by atoms with Crippen molar-refractivity contribution in [3.05, 3.63) is 84.4 Å². The van der Waals surface area contributed by atoms with E-state index in [4.69, 9.17) is 0 Å². The summed E-state index contributed by atoms with van der Waals surface area (Å²) < 4.78 is 44.2. The number of amides is 1. The molecule has 2 heterocycles. The molecule has 5 nitrogen and oxygen atoms in total. The third kappa shape index (κ3) is 3.68. The molecule has 0 fully saturated rings. The van der Waals surface area contributed by atoms with Gasteiger partial charge >= 0.3 is 0 Å². The van der Waals surface area contributed by atoms with Crippen LogP contribution >= 0.6 is 0 Å². The molecule has 1 amide bonds. The lowest BCUT2D eigenvalue weighted by atomic mass is 10.0. The Bertz CT molecular complexity index is 1230. The molecule has 8 heteroatoms. The first-order valence-electron chi connectivity index (χ1n) is 9.36. The van der Waals surface area contributed by atoms with Crippen LogP contribution in [-0.4, -0.2) is 20.7 Å². The lowest BCUT2D eigenvalue weighted by Crippen LogP contribution is -2.27. The van der Waals surface area contributed by atoms with Gasteiger partial charge in [-0.25, -0.2) is 13.2 Å². The van der Waals surface area contributed by atoms with Gasteiger partial charge < -0.3 is 0 Å². The predicted octanol–water partition coefficient (Wildman–Crippen LogP) is 5.25. The van der Waals surface area contributed by atoms with E-state index >= 15 is 0 Å². The Morgan fingerprint density at radius 1 is 0.903 bits per heavy atom. The number of nitrogens with zero attached hydrogens (tertiary/aromatic N) is 4. The number of para-hydroxylation sites is 1. The summed E-state index contributed by atoms with van der Waals surface area (Å²) in [7, 11) is 1.57. The summed E-state index contributed by atoms with van der Waals surface area (Å²) in [5.41, 5.74) is 1.58. The Morgan fingerprint density at radius 3 is 2.10 bits per heavy atom. The SMILES string of the molecule is CC(=O)N(c1c(F)cccc1F)c1c(-c2ccncc2)c(-c2ccc(F)cc2)nn1C. The molecule has 0 aliphatic heterocycles. The molecular weight excluding hydrogens is 405 g/mol. The van der Waals surface area contributed by atoms with Gasteiger partial charge in [-0.15, -0.1) is 0 Å². The zero-order chi connectivity index (χ0) is 22.1. The maximum atomic E-state index is 14.7. The van der Waals surface area contributed by atoms with Crippen LogP contribution < -0.4 is 4.90 Å². The number of anilines is 2. The van der Waals surface area contributed by atoms with Crippen molar-refractivity contribution in [3.8, 4) is 22.4 Å². The highest BCUT2D eigenvalue weighted by molar-refractivity contribution is 6.04. The number of hydrogen-bond acceptors (Lipinski definition) is 3. The van der Waals surface area contributed by atoms with E-state index < -0.39 is 29.0 Å². The first-order chi connectivity index (χ1) is 14.9. The van der Waals surface area contributed by atoms with Crippen molar-refractivity contribution in [2.75, 3.05) is 4.90 Å². The van der Waals surface area contributed by atoms with E-state index in [2.05, 4.69) is 10.1 Å². The molecule has 4 aromatic rings. The van der Waals surface area contributed by atoms with E-state index in [0.29, 0.717) is 22.4 Å². The van der Waals surface area contributed by atoms with Gasteiger partial charge in [0.05, 0.1) is 5.56 Å². The van der Waals surface area contributed by atoms with Crippen LogP contribution in [-0.2, 0) is 11.8 Å². The van der Waals surface area contributed by atoms with Gasteiger partial charge in [-0.2, -0.15) is 5.10 Å². The van der Waals surface area contributed by atoms with Crippen molar-refractivity contribution in [1.29, 1.82) is 0 Å². The van der Waals surface area contributed by atoms with E-state index in [-0.39, 0.29) is 5.82 Å². The molecule has 2 aromatic heterocycles. The Morgan fingerprint density at radius 2 is 1.52 bits per heavy atom. The van der Waals surface area contributed by atoms with Gasteiger partial charge in [-0.3, -0.25) is 19.4 Å².